The minimum Gasteiger partial charge on any atom is -0.494 e. The molecule has 1 rings (SSSR count). The van der Waals surface area contributed by atoms with Gasteiger partial charge in [-0.25, -0.2) is 0 Å². The van der Waals surface area contributed by atoms with Gasteiger partial charge in [0.15, 0.2) is 0 Å². The van der Waals surface area contributed by atoms with Crippen LogP contribution in [0.15, 0.2) is 35.6 Å². The molecule has 0 aromatic heterocycles. The molecule has 0 aromatic rings. The Bertz CT molecular complexity index is 310. The second kappa shape index (κ2) is 4.55. The first kappa shape index (κ1) is 11.9. The van der Waals surface area contributed by atoms with Crippen LogP contribution in [-0.4, -0.2) is 12.8 Å². The molecule has 4 heteroatoms. The van der Waals surface area contributed by atoms with E-state index in [0.29, 0.717) is 18.8 Å². The van der Waals surface area contributed by atoms with Crippen molar-refractivity contribution in [2.24, 2.45) is 0 Å². The smallest absolute Gasteiger partial charge is 0.412 e. The Labute approximate surface area is 86.9 Å². The van der Waals surface area contributed by atoms with Gasteiger partial charge in [-0.2, -0.15) is 13.2 Å². The lowest BCUT2D eigenvalue weighted by Crippen LogP contribution is -2.14. The largest absolute Gasteiger partial charge is 0.494 e. The molecule has 0 spiro atoms. The molecule has 0 fully saturated rings. The molecule has 0 amide bonds. The first-order chi connectivity index (χ1) is 6.89. The van der Waals surface area contributed by atoms with Crippen molar-refractivity contribution in [1.29, 1.82) is 0 Å². The van der Waals surface area contributed by atoms with Gasteiger partial charge in [0.05, 0.1) is 5.76 Å². The standard InChI is InChI=1S/C11H13F3O/c1-8(2)7-15-10-5-3-9(4-6-10)11(12,13)14/h3,5H,1,4,6-7H2,2H3. The SMILES string of the molecule is C=C(C)COC1=CC=C(C(F)(F)F)CC1. The minimum atomic E-state index is -4.21. The van der Waals surface area contributed by atoms with Crippen LogP contribution in [0.4, 0.5) is 13.2 Å². The molecule has 1 aliphatic rings. The van der Waals surface area contributed by atoms with E-state index in [4.69, 9.17) is 4.74 Å². The van der Waals surface area contributed by atoms with Gasteiger partial charge in [-0.15, -0.1) is 0 Å². The molecule has 0 saturated heterocycles. The average molecular weight is 218 g/mol. The molecule has 0 unspecified atom stereocenters. The van der Waals surface area contributed by atoms with E-state index in [1.807, 2.05) is 0 Å². The lowest BCUT2D eigenvalue weighted by atomic mass is 10.0. The summed E-state index contributed by atoms with van der Waals surface area (Å²) in [6.45, 7) is 5.81. The number of halogens is 3. The van der Waals surface area contributed by atoms with Crippen LogP contribution >= 0.6 is 0 Å². The van der Waals surface area contributed by atoms with E-state index < -0.39 is 11.7 Å². The van der Waals surface area contributed by atoms with E-state index in [1.165, 1.54) is 6.08 Å². The number of hydrogen-bond donors (Lipinski definition) is 0. The van der Waals surface area contributed by atoms with Crippen molar-refractivity contribution in [2.45, 2.75) is 25.9 Å². The van der Waals surface area contributed by atoms with Crippen LogP contribution in [0, 0.1) is 0 Å². The van der Waals surface area contributed by atoms with E-state index in [2.05, 4.69) is 6.58 Å². The molecule has 0 heterocycles. The van der Waals surface area contributed by atoms with Crippen LogP contribution in [0.25, 0.3) is 0 Å². The summed E-state index contributed by atoms with van der Waals surface area (Å²) < 4.78 is 41.9. The first-order valence-electron chi connectivity index (χ1n) is 4.63. The molecule has 0 aromatic carbocycles. The lowest BCUT2D eigenvalue weighted by Gasteiger charge is -2.17. The Morgan fingerprint density at radius 1 is 1.40 bits per heavy atom. The number of hydrogen-bond acceptors (Lipinski definition) is 1. The van der Waals surface area contributed by atoms with Crippen molar-refractivity contribution >= 4 is 0 Å². The maximum Gasteiger partial charge on any atom is 0.412 e. The Kier molecular flexibility index (Phi) is 3.61. The molecular formula is C11H13F3O. The van der Waals surface area contributed by atoms with Gasteiger partial charge in [0.1, 0.15) is 6.61 Å². The van der Waals surface area contributed by atoms with Gasteiger partial charge in [-0.3, -0.25) is 0 Å². The minimum absolute atomic E-state index is 0.00841. The van der Waals surface area contributed by atoms with Crippen LogP contribution in [0.2, 0.25) is 0 Å². The highest BCUT2D eigenvalue weighted by Crippen LogP contribution is 2.32. The Morgan fingerprint density at radius 2 is 2.07 bits per heavy atom. The second-order valence-corrected chi connectivity index (χ2v) is 3.57. The van der Waals surface area contributed by atoms with E-state index >= 15 is 0 Å². The first-order valence-corrected chi connectivity index (χ1v) is 4.63. The quantitative estimate of drug-likeness (QED) is 0.655. The molecule has 0 radical (unpaired) electrons. The Morgan fingerprint density at radius 3 is 2.47 bits per heavy atom. The zero-order valence-electron chi connectivity index (χ0n) is 8.53. The number of rotatable bonds is 3. The van der Waals surface area contributed by atoms with Gasteiger partial charge in [-0.05, 0) is 25.0 Å². The fourth-order valence-corrected chi connectivity index (χ4v) is 1.19. The fraction of sp³-hybridized carbons (Fsp3) is 0.455. The van der Waals surface area contributed by atoms with E-state index in [1.54, 1.807) is 6.92 Å². The van der Waals surface area contributed by atoms with Crippen molar-refractivity contribution in [3.63, 3.8) is 0 Å². The van der Waals surface area contributed by atoms with Crippen molar-refractivity contribution in [3.8, 4) is 0 Å². The van der Waals surface area contributed by atoms with Gasteiger partial charge in [0, 0.05) is 12.0 Å². The van der Waals surface area contributed by atoms with Crippen LogP contribution in [-0.2, 0) is 4.74 Å². The van der Waals surface area contributed by atoms with E-state index in [0.717, 1.165) is 11.6 Å². The summed E-state index contributed by atoms with van der Waals surface area (Å²) in [6.07, 6.45) is -1.45. The summed E-state index contributed by atoms with van der Waals surface area (Å²) in [6, 6.07) is 0. The van der Waals surface area contributed by atoms with E-state index in [9.17, 15) is 13.2 Å². The maximum absolute atomic E-state index is 12.2. The summed E-state index contributed by atoms with van der Waals surface area (Å²) in [5.41, 5.74) is 0.353. The molecule has 15 heavy (non-hydrogen) atoms. The molecular weight excluding hydrogens is 205 g/mol. The molecule has 0 aliphatic heterocycles. The third-order valence-electron chi connectivity index (χ3n) is 1.98. The average Bonchev–Trinajstić information content (AvgIpc) is 2.14. The van der Waals surface area contributed by atoms with Gasteiger partial charge in [0.2, 0.25) is 0 Å². The number of alkyl halides is 3. The molecule has 0 saturated carbocycles. The van der Waals surface area contributed by atoms with Gasteiger partial charge in [-0.1, -0.05) is 12.7 Å². The van der Waals surface area contributed by atoms with Gasteiger partial charge in [0.25, 0.3) is 0 Å². The highest BCUT2D eigenvalue weighted by molar-refractivity contribution is 5.24. The zero-order valence-corrected chi connectivity index (χ0v) is 8.53. The summed E-state index contributed by atoms with van der Waals surface area (Å²) in [5.74, 6) is 0.589. The predicted molar refractivity (Wildman–Crippen MR) is 52.2 cm³/mol. The normalized spacial score (nSPS) is 16.8. The highest BCUT2D eigenvalue weighted by Gasteiger charge is 2.33. The topological polar surface area (TPSA) is 9.23 Å². The third kappa shape index (κ3) is 3.81. The van der Waals surface area contributed by atoms with Gasteiger partial charge >= 0.3 is 6.18 Å². The molecule has 0 atom stereocenters. The molecule has 1 nitrogen and oxygen atoms in total. The molecule has 84 valence electrons. The van der Waals surface area contributed by atoms with Crippen molar-refractivity contribution in [2.75, 3.05) is 6.61 Å². The predicted octanol–water partition coefficient (Wildman–Crippen LogP) is 3.75. The van der Waals surface area contributed by atoms with Crippen molar-refractivity contribution in [3.05, 3.63) is 35.6 Å². The number of ether oxygens (including phenoxy) is 1. The van der Waals surface area contributed by atoms with Crippen LogP contribution in [0.3, 0.4) is 0 Å². The summed E-state index contributed by atoms with van der Waals surface area (Å²) in [4.78, 5) is 0. The van der Waals surface area contributed by atoms with E-state index in [-0.39, 0.29) is 6.42 Å². The fourth-order valence-electron chi connectivity index (χ4n) is 1.19. The molecule has 1 aliphatic carbocycles. The van der Waals surface area contributed by atoms with Crippen molar-refractivity contribution in [1.82, 2.24) is 0 Å². The van der Waals surface area contributed by atoms with Crippen molar-refractivity contribution < 1.29 is 17.9 Å². The van der Waals surface area contributed by atoms with Gasteiger partial charge < -0.3 is 4.74 Å². The maximum atomic E-state index is 12.2. The highest BCUT2D eigenvalue weighted by atomic mass is 19.4. The van der Waals surface area contributed by atoms with Crippen LogP contribution < -0.4 is 0 Å². The number of allylic oxidation sites excluding steroid dienone is 4. The summed E-state index contributed by atoms with van der Waals surface area (Å²) in [5, 5.41) is 0. The Hall–Kier alpha value is -1.19. The zero-order chi connectivity index (χ0) is 11.5. The summed E-state index contributed by atoms with van der Waals surface area (Å²) >= 11 is 0. The lowest BCUT2D eigenvalue weighted by molar-refractivity contribution is -0.0944. The Balaban J connectivity index is 2.57. The monoisotopic (exact) mass is 218 g/mol. The summed E-state index contributed by atoms with van der Waals surface area (Å²) in [7, 11) is 0. The van der Waals surface area contributed by atoms with Crippen LogP contribution in [0.1, 0.15) is 19.8 Å². The van der Waals surface area contributed by atoms with Crippen LogP contribution in [0.5, 0.6) is 0 Å². The molecule has 0 N–H and O–H groups in total. The second-order valence-electron chi connectivity index (χ2n) is 3.57. The third-order valence-corrected chi connectivity index (χ3v) is 1.98. The molecule has 0 bridgehead atoms.